The summed E-state index contributed by atoms with van der Waals surface area (Å²) in [4.78, 5) is 4.58. The van der Waals surface area contributed by atoms with Gasteiger partial charge in [-0.25, -0.2) is 0 Å². The summed E-state index contributed by atoms with van der Waals surface area (Å²) in [6.45, 7) is 0. The van der Waals surface area contributed by atoms with E-state index in [0.717, 1.165) is 62.3 Å². The van der Waals surface area contributed by atoms with Gasteiger partial charge in [0.1, 0.15) is 0 Å². The molecule has 0 aliphatic heterocycles. The molecule has 14 heteroatoms. The van der Waals surface area contributed by atoms with Gasteiger partial charge in [-0.1, -0.05) is 326 Å². The van der Waals surface area contributed by atoms with E-state index in [9.17, 15) is 0 Å². The van der Waals surface area contributed by atoms with Crippen molar-refractivity contribution in [1.82, 2.24) is 38.7 Å². The molecule has 0 amide bonds. The molecule has 25 rings (SSSR count). The fourth-order valence-corrected chi connectivity index (χ4v) is 22.5. The highest BCUT2D eigenvalue weighted by Crippen LogP contribution is 2.48. The number of fused-ring (bicyclic) bond motifs is 12. The molecule has 590 valence electrons. The third-order valence-electron chi connectivity index (χ3n) is 22.4. The smallest absolute Gasteiger partial charge is 0.158 e. The van der Waals surface area contributed by atoms with Gasteiger partial charge < -0.3 is 18.3 Å². The quantitative estimate of drug-likeness (QED) is 0.122. The van der Waals surface area contributed by atoms with E-state index in [0.29, 0.717) is 0 Å². The molecule has 0 aliphatic carbocycles. The summed E-state index contributed by atoms with van der Waals surface area (Å²) >= 11 is 10.2. The lowest BCUT2D eigenvalue weighted by Crippen LogP contribution is -1.93. The molecule has 8 nitrogen and oxygen atoms in total. The molecule has 0 N–H and O–H groups in total. The third-order valence-corrected chi connectivity index (χ3v) is 28.5. The molecule has 0 fully saturated rings. The lowest BCUT2D eigenvalue weighted by molar-refractivity contribution is 1.11. The Bertz CT molecular complexity index is 6770. The van der Waals surface area contributed by atoms with Gasteiger partial charge in [0.25, 0.3) is 0 Å². The maximum atomic E-state index is 4.75. The number of aromatic nitrogens is 8. The van der Waals surface area contributed by atoms with Crippen molar-refractivity contribution in [3.63, 3.8) is 0 Å². The van der Waals surface area contributed by atoms with Gasteiger partial charge in [-0.05, 0) is 165 Å². The highest BCUT2D eigenvalue weighted by atomic mass is 32.1. The van der Waals surface area contributed by atoms with Crippen LogP contribution in [0.25, 0.3) is 194 Å². The molecule has 0 bridgehead atoms. The van der Waals surface area contributed by atoms with E-state index in [-0.39, 0.29) is 0 Å². The van der Waals surface area contributed by atoms with E-state index >= 15 is 0 Å². The minimum atomic E-state index is 0.942. The summed E-state index contributed by atoms with van der Waals surface area (Å²) in [5.41, 5.74) is 23.7. The van der Waals surface area contributed by atoms with Crippen molar-refractivity contribution in [1.29, 1.82) is 0 Å². The predicted molar refractivity (Wildman–Crippen MR) is 531 cm³/mol. The van der Waals surface area contributed by atoms with Crippen LogP contribution in [0.1, 0.15) is 0 Å². The highest BCUT2D eigenvalue weighted by molar-refractivity contribution is 7.26. The van der Waals surface area contributed by atoms with Crippen molar-refractivity contribution in [2.45, 2.75) is 0 Å². The minimum absolute atomic E-state index is 0.942. The average Bonchev–Trinajstić information content (AvgIpc) is 1.61. The Morgan fingerprint density at radius 1 is 0.153 bits per heavy atom. The maximum Gasteiger partial charge on any atom is 0.158 e. The summed E-state index contributed by atoms with van der Waals surface area (Å²) in [6.07, 6.45) is 0. The van der Waals surface area contributed by atoms with Crippen LogP contribution in [-0.2, 0) is 0 Å². The van der Waals surface area contributed by atoms with Gasteiger partial charge in [0.15, 0.2) is 20.0 Å². The first-order valence-corrected chi connectivity index (χ1v) is 46.1. The Balaban J connectivity index is 0.000000126. The Labute approximate surface area is 740 Å². The standard InChI is InChI=1S/2C46H28N4S3.3C6H6/c2*1-5-13-39-35(9-1)36-10-2-6-14-40(36)49(39)31-21-17-29(18-22-31)33-25-27-51-43(33)45-47-48-46(53-45)44-34(26-28-52-44)30-19-23-32(24-20-30)50-41-15-7-3-11-37(41)38-12-4-8-16-42(38)50;3*1-2-4-6-5-3-1/h2*1-28H;3*1-6H. The van der Waals surface area contributed by atoms with Crippen molar-refractivity contribution >= 4 is 155 Å². The van der Waals surface area contributed by atoms with Crippen molar-refractivity contribution in [2.75, 3.05) is 0 Å². The van der Waals surface area contributed by atoms with E-state index in [4.69, 9.17) is 20.4 Å². The number of rotatable bonds is 12. The molecular formula is C110H74N8S6. The van der Waals surface area contributed by atoms with Gasteiger partial charge in [0, 0.05) is 88.1 Å². The van der Waals surface area contributed by atoms with Gasteiger partial charge in [-0.3, -0.25) is 0 Å². The molecule has 124 heavy (non-hydrogen) atoms. The van der Waals surface area contributed by atoms with E-state index in [1.807, 2.05) is 109 Å². The van der Waals surface area contributed by atoms with Gasteiger partial charge in [-0.15, -0.1) is 65.7 Å². The van der Waals surface area contributed by atoms with Crippen molar-refractivity contribution in [3.05, 3.63) is 446 Å². The molecule has 0 saturated heterocycles. The zero-order valence-electron chi connectivity index (χ0n) is 66.8. The number of benzene rings is 15. The van der Waals surface area contributed by atoms with Gasteiger partial charge in [0.05, 0.1) is 63.6 Å². The van der Waals surface area contributed by atoms with Crippen LogP contribution in [0.15, 0.2) is 446 Å². The van der Waals surface area contributed by atoms with Crippen LogP contribution in [0.3, 0.4) is 0 Å². The molecule has 15 aromatic carbocycles. The van der Waals surface area contributed by atoms with E-state index in [1.54, 1.807) is 68.0 Å². The second kappa shape index (κ2) is 34.9. The second-order valence-corrected chi connectivity index (χ2v) is 35.2. The zero-order chi connectivity index (χ0) is 82.5. The van der Waals surface area contributed by atoms with Crippen LogP contribution in [0, 0.1) is 0 Å². The Kier molecular flexibility index (Phi) is 21.6. The van der Waals surface area contributed by atoms with Crippen LogP contribution in [0.4, 0.5) is 0 Å². The Hall–Kier alpha value is -14.6. The van der Waals surface area contributed by atoms with E-state index < -0.39 is 0 Å². The summed E-state index contributed by atoms with van der Waals surface area (Å²) in [6, 6.07) is 150. The molecule has 10 aromatic heterocycles. The van der Waals surface area contributed by atoms with Crippen molar-refractivity contribution in [3.8, 4) is 107 Å². The molecule has 0 spiro atoms. The summed E-state index contributed by atoms with van der Waals surface area (Å²) < 4.78 is 9.43. The largest absolute Gasteiger partial charge is 0.309 e. The molecule has 25 aromatic rings. The number of nitrogens with zero attached hydrogens (tertiary/aromatic N) is 8. The maximum absolute atomic E-state index is 4.75. The highest BCUT2D eigenvalue weighted by Gasteiger charge is 2.24. The predicted octanol–water partition coefficient (Wildman–Crippen LogP) is 32.1. The Morgan fingerprint density at radius 3 is 0.468 bits per heavy atom. The van der Waals surface area contributed by atoms with Gasteiger partial charge >= 0.3 is 0 Å². The van der Waals surface area contributed by atoms with Crippen LogP contribution in [0.2, 0.25) is 0 Å². The first kappa shape index (κ1) is 76.8. The van der Waals surface area contributed by atoms with E-state index in [1.165, 1.54) is 132 Å². The Morgan fingerprint density at radius 2 is 0.306 bits per heavy atom. The van der Waals surface area contributed by atoms with E-state index in [2.05, 4.69) is 355 Å². The van der Waals surface area contributed by atoms with Crippen LogP contribution >= 0.6 is 68.0 Å². The van der Waals surface area contributed by atoms with Crippen LogP contribution < -0.4 is 0 Å². The van der Waals surface area contributed by atoms with Crippen molar-refractivity contribution in [2.24, 2.45) is 0 Å². The summed E-state index contributed by atoms with van der Waals surface area (Å²) in [5, 5.41) is 41.5. The zero-order valence-corrected chi connectivity index (χ0v) is 71.7. The number of hydrogen-bond acceptors (Lipinski definition) is 10. The fourth-order valence-electron chi connectivity index (χ4n) is 16.7. The lowest BCUT2D eigenvalue weighted by Gasteiger charge is -2.09. The summed E-state index contributed by atoms with van der Waals surface area (Å²) in [7, 11) is 0. The molecule has 0 saturated carbocycles. The SMILES string of the molecule is c1ccc2c(c1)c1ccccc1n2-c1ccc(-c2ccsc2-c2nnc(-c3sccc3-c3ccc(-n4c5ccccc5c5ccccc54)cc3)s2)cc1.c1ccc2c(c1)c1ccccc1n2-c1ccc(-c2ccsc2-c2nnc(-c3sccc3-c3ccc(-n4c5ccccc5c5ccccc54)cc3)s2)cc1.c1ccccc1.c1ccccc1.c1ccccc1. The second-order valence-electron chi connectivity index (χ2n) is 29.6. The average molecular weight is 1700 g/mol. The summed E-state index contributed by atoms with van der Waals surface area (Å²) in [5.74, 6) is 0. The monoisotopic (exact) mass is 1700 g/mol. The fraction of sp³-hybridized carbons (Fsp3) is 0. The third kappa shape index (κ3) is 14.9. The first-order chi connectivity index (χ1) is 61.6. The van der Waals surface area contributed by atoms with Crippen LogP contribution in [-0.4, -0.2) is 38.7 Å². The molecular weight excluding hydrogens is 1630 g/mol. The molecule has 0 unspecified atom stereocenters. The number of hydrogen-bond donors (Lipinski definition) is 0. The normalized spacial score (nSPS) is 11.2. The van der Waals surface area contributed by atoms with Gasteiger partial charge in [-0.2, -0.15) is 0 Å². The minimum Gasteiger partial charge on any atom is -0.309 e. The van der Waals surface area contributed by atoms with Crippen LogP contribution in [0.5, 0.6) is 0 Å². The topological polar surface area (TPSA) is 71.3 Å². The lowest BCUT2D eigenvalue weighted by atomic mass is 10.1. The van der Waals surface area contributed by atoms with Crippen molar-refractivity contribution < 1.29 is 0 Å². The molecule has 0 atom stereocenters. The molecule has 10 heterocycles. The molecule has 0 radical (unpaired) electrons. The molecule has 0 aliphatic rings. The number of thiophene rings is 4. The van der Waals surface area contributed by atoms with Gasteiger partial charge in [0.2, 0.25) is 0 Å². The number of para-hydroxylation sites is 8. The first-order valence-electron chi connectivity index (χ1n) is 40.9.